The highest BCUT2D eigenvalue weighted by Crippen LogP contribution is 2.08. The van der Waals surface area contributed by atoms with Crippen molar-refractivity contribution in [3.63, 3.8) is 0 Å². The second-order valence-corrected chi connectivity index (χ2v) is 3.53. The first-order valence-corrected chi connectivity index (χ1v) is 5.15. The molecule has 0 rings (SSSR count). The number of rotatable bonds is 7. The van der Waals surface area contributed by atoms with Crippen LogP contribution in [0.4, 0.5) is 4.79 Å². The van der Waals surface area contributed by atoms with Crippen molar-refractivity contribution >= 4 is 6.03 Å². The van der Waals surface area contributed by atoms with Crippen molar-refractivity contribution in [3.8, 4) is 0 Å². The molecule has 2 amide bonds. The first kappa shape index (κ1) is 13.2. The van der Waals surface area contributed by atoms with Gasteiger partial charge in [-0.15, -0.1) is 0 Å². The average molecular weight is 202 g/mol. The number of nitrogens with one attached hydrogen (secondary N) is 2. The van der Waals surface area contributed by atoms with E-state index in [2.05, 4.69) is 17.6 Å². The molecule has 0 fully saturated rings. The molecule has 0 spiro atoms. The summed E-state index contributed by atoms with van der Waals surface area (Å²) in [6.07, 6.45) is 3.28. The fourth-order valence-corrected chi connectivity index (χ4v) is 1.24. The second kappa shape index (κ2) is 8.81. The molecule has 0 unspecified atom stereocenters. The van der Waals surface area contributed by atoms with E-state index in [0.29, 0.717) is 5.92 Å². The van der Waals surface area contributed by atoms with Crippen LogP contribution < -0.4 is 10.6 Å². The van der Waals surface area contributed by atoms with Gasteiger partial charge in [0.15, 0.2) is 0 Å². The number of carbonyl (C=O) groups excluding carboxylic acids is 1. The minimum absolute atomic E-state index is 0.103. The van der Waals surface area contributed by atoms with Crippen molar-refractivity contribution in [2.75, 3.05) is 27.3 Å². The minimum Gasteiger partial charge on any atom is -0.385 e. The maximum absolute atomic E-state index is 10.8. The van der Waals surface area contributed by atoms with Crippen molar-refractivity contribution in [1.29, 1.82) is 0 Å². The van der Waals surface area contributed by atoms with Crippen LogP contribution in [0.3, 0.4) is 0 Å². The first-order valence-electron chi connectivity index (χ1n) is 5.15. The van der Waals surface area contributed by atoms with E-state index in [1.807, 2.05) is 0 Å². The predicted molar refractivity (Wildman–Crippen MR) is 57.3 cm³/mol. The lowest BCUT2D eigenvalue weighted by molar-refractivity contribution is 0.187. The van der Waals surface area contributed by atoms with Crippen molar-refractivity contribution in [3.05, 3.63) is 0 Å². The van der Waals surface area contributed by atoms with E-state index in [1.165, 1.54) is 0 Å². The van der Waals surface area contributed by atoms with Crippen LogP contribution in [0, 0.1) is 5.92 Å². The van der Waals surface area contributed by atoms with E-state index in [4.69, 9.17) is 4.74 Å². The van der Waals surface area contributed by atoms with Crippen molar-refractivity contribution in [2.24, 2.45) is 5.92 Å². The summed E-state index contributed by atoms with van der Waals surface area (Å²) < 4.78 is 4.97. The lowest BCUT2D eigenvalue weighted by Crippen LogP contribution is -2.33. The molecule has 0 aromatic rings. The number of hydrogen-bond donors (Lipinski definition) is 2. The average Bonchev–Trinajstić information content (AvgIpc) is 2.18. The number of urea groups is 1. The molecule has 0 aromatic carbocycles. The van der Waals surface area contributed by atoms with Crippen LogP contribution in [0.5, 0.6) is 0 Å². The monoisotopic (exact) mass is 202 g/mol. The molecule has 0 heterocycles. The number of carbonyl (C=O) groups is 1. The van der Waals surface area contributed by atoms with E-state index in [-0.39, 0.29) is 6.03 Å². The van der Waals surface area contributed by atoms with E-state index in [0.717, 1.165) is 32.4 Å². The summed E-state index contributed by atoms with van der Waals surface area (Å²) in [5, 5.41) is 5.29. The van der Waals surface area contributed by atoms with Gasteiger partial charge < -0.3 is 15.4 Å². The highest BCUT2D eigenvalue weighted by Gasteiger charge is 2.02. The van der Waals surface area contributed by atoms with E-state index in [1.54, 1.807) is 14.2 Å². The molecule has 0 saturated carbocycles. The Morgan fingerprint density at radius 1 is 1.43 bits per heavy atom. The Balaban J connectivity index is 3.26. The molecule has 0 aromatic heterocycles. The van der Waals surface area contributed by atoms with Gasteiger partial charge in [-0.25, -0.2) is 4.79 Å². The van der Waals surface area contributed by atoms with Gasteiger partial charge in [-0.2, -0.15) is 0 Å². The topological polar surface area (TPSA) is 50.4 Å². The smallest absolute Gasteiger partial charge is 0.314 e. The van der Waals surface area contributed by atoms with E-state index in [9.17, 15) is 4.79 Å². The third-order valence-electron chi connectivity index (χ3n) is 2.20. The maximum atomic E-state index is 10.8. The fourth-order valence-electron chi connectivity index (χ4n) is 1.24. The van der Waals surface area contributed by atoms with Crippen molar-refractivity contribution < 1.29 is 9.53 Å². The lowest BCUT2D eigenvalue weighted by atomic mass is 10.0. The Morgan fingerprint density at radius 2 is 2.14 bits per heavy atom. The predicted octanol–water partition coefficient (Wildman–Crippen LogP) is 1.37. The standard InChI is InChI=1S/C10H22N2O2/c1-9(5-4-8-14-3)6-7-12-10(13)11-2/h9H,4-8H2,1-3H3,(H2,11,12,13)/t9-/m0/s1. The molecule has 4 nitrogen and oxygen atoms in total. The zero-order chi connectivity index (χ0) is 10.8. The molecular formula is C10H22N2O2. The summed E-state index contributed by atoms with van der Waals surface area (Å²) in [4.78, 5) is 10.8. The Kier molecular flexibility index (Phi) is 8.33. The molecule has 0 radical (unpaired) electrons. The molecule has 4 heteroatoms. The Bertz CT molecular complexity index is 151. The molecule has 0 saturated heterocycles. The largest absolute Gasteiger partial charge is 0.385 e. The Morgan fingerprint density at radius 3 is 2.71 bits per heavy atom. The van der Waals surface area contributed by atoms with E-state index >= 15 is 0 Å². The molecule has 0 aliphatic rings. The van der Waals surface area contributed by atoms with Gasteiger partial charge in [0, 0.05) is 27.3 Å². The highest BCUT2D eigenvalue weighted by molar-refractivity contribution is 5.73. The van der Waals surface area contributed by atoms with Crippen LogP contribution in [-0.4, -0.2) is 33.3 Å². The fraction of sp³-hybridized carbons (Fsp3) is 0.900. The number of amides is 2. The molecule has 14 heavy (non-hydrogen) atoms. The number of methoxy groups -OCH3 is 1. The summed E-state index contributed by atoms with van der Waals surface area (Å²) in [6.45, 7) is 3.77. The van der Waals surface area contributed by atoms with Crippen LogP contribution >= 0.6 is 0 Å². The third-order valence-corrected chi connectivity index (χ3v) is 2.20. The van der Waals surface area contributed by atoms with Gasteiger partial charge >= 0.3 is 6.03 Å². The molecule has 0 aliphatic carbocycles. The first-order chi connectivity index (χ1) is 6.70. The normalized spacial score (nSPS) is 12.2. The van der Waals surface area contributed by atoms with Crippen LogP contribution in [0.1, 0.15) is 26.2 Å². The summed E-state index contributed by atoms with van der Waals surface area (Å²) in [6, 6.07) is -0.103. The van der Waals surface area contributed by atoms with Gasteiger partial charge in [-0.05, 0) is 25.2 Å². The van der Waals surface area contributed by atoms with Crippen LogP contribution in [0.2, 0.25) is 0 Å². The molecule has 2 N–H and O–H groups in total. The lowest BCUT2D eigenvalue weighted by Gasteiger charge is -2.11. The van der Waals surface area contributed by atoms with Gasteiger partial charge in [-0.1, -0.05) is 6.92 Å². The summed E-state index contributed by atoms with van der Waals surface area (Å²) in [7, 11) is 3.34. The number of ether oxygens (including phenoxy) is 1. The van der Waals surface area contributed by atoms with E-state index < -0.39 is 0 Å². The Hall–Kier alpha value is -0.770. The Labute approximate surface area is 86.4 Å². The maximum Gasteiger partial charge on any atom is 0.314 e. The van der Waals surface area contributed by atoms with Crippen LogP contribution in [-0.2, 0) is 4.74 Å². The van der Waals surface area contributed by atoms with Gasteiger partial charge in [0.05, 0.1) is 0 Å². The molecular weight excluding hydrogens is 180 g/mol. The summed E-state index contributed by atoms with van der Waals surface area (Å²) in [5.74, 6) is 0.641. The molecule has 84 valence electrons. The van der Waals surface area contributed by atoms with Gasteiger partial charge in [-0.3, -0.25) is 0 Å². The second-order valence-electron chi connectivity index (χ2n) is 3.53. The minimum atomic E-state index is -0.103. The SMILES string of the molecule is CNC(=O)NCC[C@@H](C)CCCOC. The molecule has 0 aliphatic heterocycles. The third kappa shape index (κ3) is 7.86. The van der Waals surface area contributed by atoms with Crippen molar-refractivity contribution in [1.82, 2.24) is 10.6 Å². The van der Waals surface area contributed by atoms with Crippen LogP contribution in [0.25, 0.3) is 0 Å². The van der Waals surface area contributed by atoms with Gasteiger partial charge in [0.2, 0.25) is 0 Å². The van der Waals surface area contributed by atoms with Crippen LogP contribution in [0.15, 0.2) is 0 Å². The summed E-state index contributed by atoms with van der Waals surface area (Å²) in [5.41, 5.74) is 0. The van der Waals surface area contributed by atoms with Gasteiger partial charge in [0.25, 0.3) is 0 Å². The van der Waals surface area contributed by atoms with Crippen molar-refractivity contribution in [2.45, 2.75) is 26.2 Å². The van der Waals surface area contributed by atoms with Gasteiger partial charge in [0.1, 0.15) is 0 Å². The summed E-state index contributed by atoms with van der Waals surface area (Å²) >= 11 is 0. The quantitative estimate of drug-likeness (QED) is 0.613. The zero-order valence-electron chi connectivity index (χ0n) is 9.43. The number of hydrogen-bond acceptors (Lipinski definition) is 2. The molecule has 1 atom stereocenters. The zero-order valence-corrected chi connectivity index (χ0v) is 9.43. The highest BCUT2D eigenvalue weighted by atomic mass is 16.5. The molecule has 0 bridgehead atoms.